The molecule has 7 heteroatoms. The molecule has 5 nitrogen and oxygen atoms in total. The fourth-order valence-electron chi connectivity index (χ4n) is 1.96. The van der Waals surface area contributed by atoms with Gasteiger partial charge in [-0.05, 0) is 24.6 Å². The summed E-state index contributed by atoms with van der Waals surface area (Å²) in [5.74, 6) is 0. The number of nitrogens with zero attached hydrogens (tertiary/aromatic N) is 1. The quantitative estimate of drug-likeness (QED) is 0.624. The predicted octanol–water partition coefficient (Wildman–Crippen LogP) is 3.12. The fourth-order valence-corrected chi connectivity index (χ4v) is 2.98. The first-order chi connectivity index (χ1) is 9.54. The molecular formula is C14H28FNO4Si. The molecule has 0 aromatic heterocycles. The van der Waals surface area contributed by atoms with Crippen molar-refractivity contribution in [1.29, 1.82) is 0 Å². The molecule has 0 saturated carbocycles. The number of carboxylic acid groups (broad SMARTS) is 1. The normalized spacial score (nSPS) is 24.2. The van der Waals surface area contributed by atoms with Crippen molar-refractivity contribution in [3.05, 3.63) is 0 Å². The van der Waals surface area contributed by atoms with Crippen molar-refractivity contribution in [3.8, 4) is 0 Å². The Balaban J connectivity index is 2.30. The molecule has 1 saturated heterocycles. The lowest BCUT2D eigenvalue weighted by atomic mass is 10.1. The van der Waals surface area contributed by atoms with Crippen LogP contribution in [0.1, 0.15) is 27.2 Å². The van der Waals surface area contributed by atoms with E-state index in [0.29, 0.717) is 26.2 Å². The van der Waals surface area contributed by atoms with Crippen LogP contribution in [0, 0.1) is 0 Å². The summed E-state index contributed by atoms with van der Waals surface area (Å²) in [5.41, 5.74) is 0. The Morgan fingerprint density at radius 3 is 2.48 bits per heavy atom. The van der Waals surface area contributed by atoms with Gasteiger partial charge in [0.2, 0.25) is 0 Å². The Morgan fingerprint density at radius 1 is 1.38 bits per heavy atom. The van der Waals surface area contributed by atoms with Crippen LogP contribution in [0.3, 0.4) is 0 Å². The van der Waals surface area contributed by atoms with Crippen LogP contribution in [0.25, 0.3) is 0 Å². The van der Waals surface area contributed by atoms with Crippen LogP contribution >= 0.6 is 0 Å². The minimum Gasteiger partial charge on any atom is -0.465 e. The second kappa shape index (κ2) is 7.06. The Labute approximate surface area is 127 Å². The second-order valence-corrected chi connectivity index (χ2v) is 11.9. The highest BCUT2D eigenvalue weighted by atomic mass is 28.4. The van der Waals surface area contributed by atoms with E-state index in [9.17, 15) is 9.18 Å². The molecule has 0 aliphatic carbocycles. The molecule has 1 N–H and O–H groups in total. The first-order valence-electron chi connectivity index (χ1n) is 7.42. The van der Waals surface area contributed by atoms with E-state index >= 15 is 0 Å². The zero-order chi connectivity index (χ0) is 16.3. The summed E-state index contributed by atoms with van der Waals surface area (Å²) in [5, 5.41) is 8.97. The summed E-state index contributed by atoms with van der Waals surface area (Å²) >= 11 is 0. The van der Waals surface area contributed by atoms with Gasteiger partial charge < -0.3 is 19.2 Å². The minimum absolute atomic E-state index is 0.108. The van der Waals surface area contributed by atoms with Crippen molar-refractivity contribution in [2.24, 2.45) is 0 Å². The van der Waals surface area contributed by atoms with E-state index in [1.54, 1.807) is 0 Å². The van der Waals surface area contributed by atoms with Crippen LogP contribution in [0.2, 0.25) is 18.1 Å². The van der Waals surface area contributed by atoms with Crippen LogP contribution in [-0.2, 0) is 9.16 Å². The fraction of sp³-hybridized carbons (Fsp3) is 0.929. The minimum atomic E-state index is -1.79. The summed E-state index contributed by atoms with van der Waals surface area (Å²) in [6.45, 7) is 11.9. The molecule has 1 aliphatic heterocycles. The molecule has 1 aliphatic rings. The van der Waals surface area contributed by atoms with Crippen LogP contribution < -0.4 is 0 Å². The average molecular weight is 321 g/mol. The molecule has 0 radical (unpaired) electrons. The lowest BCUT2D eigenvalue weighted by molar-refractivity contribution is -0.0496. The average Bonchev–Trinajstić information content (AvgIpc) is 2.34. The number of rotatable bonds is 5. The van der Waals surface area contributed by atoms with Gasteiger partial charge in [-0.15, -0.1) is 0 Å². The first kappa shape index (κ1) is 18.4. The summed E-state index contributed by atoms with van der Waals surface area (Å²) in [6, 6.07) is 0. The van der Waals surface area contributed by atoms with E-state index in [1.165, 1.54) is 0 Å². The molecule has 0 aromatic rings. The van der Waals surface area contributed by atoms with Crippen LogP contribution in [-0.4, -0.2) is 63.0 Å². The van der Waals surface area contributed by atoms with Gasteiger partial charge >= 0.3 is 6.09 Å². The van der Waals surface area contributed by atoms with Crippen molar-refractivity contribution < 1.29 is 23.5 Å². The Morgan fingerprint density at radius 2 is 2.00 bits per heavy atom. The molecule has 124 valence electrons. The van der Waals surface area contributed by atoms with Gasteiger partial charge in [0.05, 0.1) is 25.9 Å². The van der Waals surface area contributed by atoms with Gasteiger partial charge in [-0.1, -0.05) is 20.8 Å². The SMILES string of the molecule is CC(C)(C)[Si](C)(C)OCCO[C@H]1CCN(C(=O)O)C[C@H]1F. The van der Waals surface area contributed by atoms with Crippen molar-refractivity contribution >= 4 is 14.4 Å². The molecular weight excluding hydrogens is 293 g/mol. The molecule has 1 amide bonds. The smallest absolute Gasteiger partial charge is 0.407 e. The third kappa shape index (κ3) is 5.23. The van der Waals surface area contributed by atoms with Gasteiger partial charge in [0.1, 0.15) is 6.17 Å². The van der Waals surface area contributed by atoms with Gasteiger partial charge in [0, 0.05) is 6.54 Å². The van der Waals surface area contributed by atoms with Crippen LogP contribution in [0.5, 0.6) is 0 Å². The van der Waals surface area contributed by atoms with Gasteiger partial charge in [0.15, 0.2) is 8.32 Å². The summed E-state index contributed by atoms with van der Waals surface area (Å²) in [4.78, 5) is 11.9. The van der Waals surface area contributed by atoms with Gasteiger partial charge in [0.25, 0.3) is 0 Å². The Kier molecular flexibility index (Phi) is 6.19. The van der Waals surface area contributed by atoms with Crippen molar-refractivity contribution in [2.75, 3.05) is 26.3 Å². The van der Waals surface area contributed by atoms with Crippen LogP contribution in [0.4, 0.5) is 9.18 Å². The highest BCUT2D eigenvalue weighted by molar-refractivity contribution is 6.74. The number of halogens is 1. The topological polar surface area (TPSA) is 59.0 Å². The summed E-state index contributed by atoms with van der Waals surface area (Å²) < 4.78 is 25.3. The third-order valence-electron chi connectivity index (χ3n) is 4.44. The maximum absolute atomic E-state index is 13.8. The number of hydrogen-bond donors (Lipinski definition) is 1. The highest BCUT2D eigenvalue weighted by Gasteiger charge is 2.37. The van der Waals surface area contributed by atoms with Crippen LogP contribution in [0.15, 0.2) is 0 Å². The largest absolute Gasteiger partial charge is 0.465 e. The summed E-state index contributed by atoms with van der Waals surface area (Å²) in [6.07, 6.45) is -2.46. The number of ether oxygens (including phenoxy) is 1. The number of alkyl halides is 1. The molecule has 2 atom stereocenters. The molecule has 0 unspecified atom stereocenters. The molecule has 1 rings (SSSR count). The number of carbonyl (C=O) groups is 1. The number of piperidine rings is 1. The molecule has 0 aromatic carbocycles. The zero-order valence-corrected chi connectivity index (χ0v) is 14.7. The van der Waals surface area contributed by atoms with E-state index in [4.69, 9.17) is 14.3 Å². The number of likely N-dealkylation sites (tertiary alicyclic amines) is 1. The second-order valence-electron chi connectivity index (χ2n) is 7.05. The maximum Gasteiger partial charge on any atom is 0.407 e. The lowest BCUT2D eigenvalue weighted by Crippen LogP contribution is -2.48. The maximum atomic E-state index is 13.8. The van der Waals surface area contributed by atoms with E-state index in [1.807, 2.05) is 0 Å². The number of amides is 1. The monoisotopic (exact) mass is 321 g/mol. The molecule has 21 heavy (non-hydrogen) atoms. The van der Waals surface area contributed by atoms with Gasteiger partial charge in [-0.25, -0.2) is 9.18 Å². The number of hydrogen-bond acceptors (Lipinski definition) is 3. The molecule has 0 bridgehead atoms. The van der Waals surface area contributed by atoms with Gasteiger partial charge in [-0.3, -0.25) is 0 Å². The van der Waals surface area contributed by atoms with E-state index in [2.05, 4.69) is 33.9 Å². The Bertz CT molecular complexity index is 359. The van der Waals surface area contributed by atoms with Gasteiger partial charge in [-0.2, -0.15) is 0 Å². The lowest BCUT2D eigenvalue weighted by Gasteiger charge is -2.36. The Hall–Kier alpha value is -0.663. The van der Waals surface area contributed by atoms with Crippen molar-refractivity contribution in [2.45, 2.75) is 57.6 Å². The predicted molar refractivity (Wildman–Crippen MR) is 82.0 cm³/mol. The molecule has 0 spiro atoms. The van der Waals surface area contributed by atoms with E-state index in [-0.39, 0.29) is 11.6 Å². The molecule has 1 heterocycles. The summed E-state index contributed by atoms with van der Waals surface area (Å²) in [7, 11) is -1.79. The van der Waals surface area contributed by atoms with E-state index in [0.717, 1.165) is 4.90 Å². The standard InChI is InChI=1S/C14H28FNO4Si/c1-14(2,3)21(4,5)20-9-8-19-12-6-7-16(13(17)18)10-11(12)15/h11-12H,6-10H2,1-5H3,(H,17,18)/t11-,12+/m1/s1. The van der Waals surface area contributed by atoms with Crippen molar-refractivity contribution in [1.82, 2.24) is 4.90 Å². The van der Waals surface area contributed by atoms with Crippen molar-refractivity contribution in [3.63, 3.8) is 0 Å². The van der Waals surface area contributed by atoms with E-state index < -0.39 is 26.7 Å². The highest BCUT2D eigenvalue weighted by Crippen LogP contribution is 2.36. The molecule has 1 fully saturated rings. The first-order valence-corrected chi connectivity index (χ1v) is 10.3. The third-order valence-corrected chi connectivity index (χ3v) is 8.97. The zero-order valence-electron chi connectivity index (χ0n) is 13.7.